The third kappa shape index (κ3) is 4.56. The van der Waals surface area contributed by atoms with Crippen molar-refractivity contribution in [2.24, 2.45) is 0 Å². The summed E-state index contributed by atoms with van der Waals surface area (Å²) in [4.78, 5) is 32.5. The molecule has 0 bridgehead atoms. The van der Waals surface area contributed by atoms with Gasteiger partial charge < -0.3 is 14.7 Å². The molecule has 0 saturated carbocycles. The number of nitrogens with zero attached hydrogens (tertiary/aromatic N) is 2. The lowest BCUT2D eigenvalue weighted by atomic mass is 9.90. The minimum Gasteiger partial charge on any atom is -0.507 e. The minimum absolute atomic E-state index is 0.0829. The number of aliphatic hydroxyl groups excluding tert-OH is 1. The Morgan fingerprint density at radius 1 is 1.09 bits per heavy atom. The van der Waals surface area contributed by atoms with Gasteiger partial charge in [-0.25, -0.2) is 0 Å². The van der Waals surface area contributed by atoms with Gasteiger partial charge in [0.2, 0.25) is 0 Å². The first-order valence-electron chi connectivity index (χ1n) is 11.7. The number of aliphatic hydroxyl groups is 1. The molecule has 3 aromatic rings. The van der Waals surface area contributed by atoms with Gasteiger partial charge in [-0.15, -0.1) is 0 Å². The smallest absolute Gasteiger partial charge is 0.296 e. The van der Waals surface area contributed by atoms with E-state index in [2.05, 4.69) is 4.98 Å². The molecule has 0 spiro atoms. The monoisotopic (exact) mass is 470 g/mol. The van der Waals surface area contributed by atoms with Crippen LogP contribution in [-0.4, -0.2) is 33.8 Å². The lowest BCUT2D eigenvalue weighted by molar-refractivity contribution is -0.140. The summed E-state index contributed by atoms with van der Waals surface area (Å²) in [5, 5.41) is 11.6. The number of hydrogen-bond donors (Lipinski definition) is 1. The largest absolute Gasteiger partial charge is 0.507 e. The van der Waals surface area contributed by atoms with Crippen LogP contribution in [0.1, 0.15) is 59.3 Å². The van der Waals surface area contributed by atoms with Crippen molar-refractivity contribution in [3.63, 3.8) is 0 Å². The first-order chi connectivity index (χ1) is 16.7. The SMILES string of the molecule is COc1cc(C)c(/C(O)=C2\C(=O)C(=O)N(Cc3ccccn3)C2c2cccc(C)c2)cc1C(C)C. The third-order valence-electron chi connectivity index (χ3n) is 6.41. The number of ether oxygens (including phenoxy) is 1. The van der Waals surface area contributed by atoms with Gasteiger partial charge in [-0.05, 0) is 60.7 Å². The molecule has 1 aromatic heterocycles. The Balaban J connectivity index is 1.93. The van der Waals surface area contributed by atoms with Gasteiger partial charge >= 0.3 is 0 Å². The number of hydrogen-bond acceptors (Lipinski definition) is 5. The van der Waals surface area contributed by atoms with Crippen molar-refractivity contribution in [3.8, 4) is 5.75 Å². The average molecular weight is 471 g/mol. The van der Waals surface area contributed by atoms with Crippen molar-refractivity contribution in [2.45, 2.75) is 46.2 Å². The quantitative estimate of drug-likeness (QED) is 0.294. The zero-order chi connectivity index (χ0) is 25.3. The highest BCUT2D eigenvalue weighted by molar-refractivity contribution is 6.46. The Kier molecular flexibility index (Phi) is 6.74. The van der Waals surface area contributed by atoms with Crippen molar-refractivity contribution in [2.75, 3.05) is 7.11 Å². The summed E-state index contributed by atoms with van der Waals surface area (Å²) in [5.74, 6) is -0.679. The number of benzene rings is 2. The second kappa shape index (κ2) is 9.74. The number of aryl methyl sites for hydroxylation is 2. The number of pyridine rings is 1. The first kappa shape index (κ1) is 24.2. The van der Waals surface area contributed by atoms with E-state index < -0.39 is 17.7 Å². The highest BCUT2D eigenvalue weighted by Crippen LogP contribution is 2.42. The highest BCUT2D eigenvalue weighted by atomic mass is 16.5. The van der Waals surface area contributed by atoms with Gasteiger partial charge in [0.05, 0.1) is 31.0 Å². The lowest BCUT2D eigenvalue weighted by Gasteiger charge is -2.25. The molecule has 1 unspecified atom stereocenters. The van der Waals surface area contributed by atoms with E-state index in [0.29, 0.717) is 11.3 Å². The van der Waals surface area contributed by atoms with Crippen molar-refractivity contribution < 1.29 is 19.4 Å². The molecule has 6 heteroatoms. The van der Waals surface area contributed by atoms with E-state index in [1.165, 1.54) is 4.90 Å². The van der Waals surface area contributed by atoms with Crippen LogP contribution in [0.5, 0.6) is 5.75 Å². The zero-order valence-corrected chi connectivity index (χ0v) is 20.7. The Bertz CT molecular complexity index is 1310. The fourth-order valence-corrected chi connectivity index (χ4v) is 4.62. The summed E-state index contributed by atoms with van der Waals surface area (Å²) in [7, 11) is 1.61. The number of carbonyl (C=O) groups is 2. The number of aromatic nitrogens is 1. The number of ketones is 1. The standard InChI is InChI=1S/C29H30N2O4/c1-17(2)22-15-23(19(4)14-24(22)35-5)27(32)25-26(20-10-8-9-18(3)13-20)31(29(34)28(25)33)16-21-11-6-7-12-30-21/h6-15,17,26,32H,16H2,1-5H3/b27-25+. The van der Waals surface area contributed by atoms with E-state index in [4.69, 9.17) is 4.74 Å². The molecule has 1 aliphatic heterocycles. The predicted octanol–water partition coefficient (Wildman–Crippen LogP) is 5.45. The van der Waals surface area contributed by atoms with Gasteiger partial charge in [-0.1, -0.05) is 49.7 Å². The third-order valence-corrected chi connectivity index (χ3v) is 6.41. The first-order valence-corrected chi connectivity index (χ1v) is 11.7. The molecular weight excluding hydrogens is 440 g/mol. The molecule has 1 aliphatic rings. The van der Waals surface area contributed by atoms with E-state index in [1.54, 1.807) is 19.4 Å². The van der Waals surface area contributed by atoms with Crippen LogP contribution >= 0.6 is 0 Å². The van der Waals surface area contributed by atoms with Gasteiger partial charge in [0.25, 0.3) is 11.7 Å². The van der Waals surface area contributed by atoms with Crippen LogP contribution in [0.3, 0.4) is 0 Å². The number of methoxy groups -OCH3 is 1. The van der Waals surface area contributed by atoms with Crippen molar-refractivity contribution in [1.29, 1.82) is 0 Å². The topological polar surface area (TPSA) is 79.7 Å². The van der Waals surface area contributed by atoms with Crippen LogP contribution in [0.2, 0.25) is 0 Å². The Morgan fingerprint density at radius 3 is 2.49 bits per heavy atom. The fraction of sp³-hybridized carbons (Fsp3) is 0.276. The Morgan fingerprint density at radius 2 is 1.86 bits per heavy atom. The zero-order valence-electron chi connectivity index (χ0n) is 20.7. The van der Waals surface area contributed by atoms with Gasteiger partial charge in [0.15, 0.2) is 0 Å². The van der Waals surface area contributed by atoms with Crippen molar-refractivity contribution >= 4 is 17.4 Å². The van der Waals surface area contributed by atoms with Gasteiger partial charge in [0.1, 0.15) is 11.5 Å². The molecule has 4 rings (SSSR count). The molecule has 1 amide bonds. The summed E-state index contributed by atoms with van der Waals surface area (Å²) in [6.45, 7) is 8.04. The maximum atomic E-state index is 13.4. The Labute approximate surface area is 205 Å². The van der Waals surface area contributed by atoms with Crippen LogP contribution in [0.25, 0.3) is 5.76 Å². The fourth-order valence-electron chi connectivity index (χ4n) is 4.62. The van der Waals surface area contributed by atoms with Crippen molar-refractivity contribution in [1.82, 2.24) is 9.88 Å². The van der Waals surface area contributed by atoms with Gasteiger partial charge in [0, 0.05) is 11.8 Å². The van der Waals surface area contributed by atoms with Crippen LogP contribution < -0.4 is 4.74 Å². The molecule has 1 N–H and O–H groups in total. The second-order valence-electron chi connectivity index (χ2n) is 9.23. The average Bonchev–Trinajstić information content (AvgIpc) is 3.08. The van der Waals surface area contributed by atoms with Crippen LogP contribution in [0.15, 0.2) is 66.4 Å². The van der Waals surface area contributed by atoms with E-state index in [0.717, 1.165) is 28.0 Å². The second-order valence-corrected chi connectivity index (χ2v) is 9.23. The number of carbonyl (C=O) groups excluding carboxylic acids is 2. The van der Waals surface area contributed by atoms with E-state index >= 15 is 0 Å². The summed E-state index contributed by atoms with van der Waals surface area (Å²) in [6.07, 6.45) is 1.65. The van der Waals surface area contributed by atoms with Gasteiger partial charge in [-0.2, -0.15) is 0 Å². The number of amides is 1. The molecule has 6 nitrogen and oxygen atoms in total. The minimum atomic E-state index is -0.735. The number of Topliss-reactive ketones (excluding diaryl/α,β-unsaturated/α-hetero) is 1. The molecule has 2 heterocycles. The predicted molar refractivity (Wildman–Crippen MR) is 135 cm³/mol. The van der Waals surface area contributed by atoms with Crippen LogP contribution in [0.4, 0.5) is 0 Å². The molecule has 35 heavy (non-hydrogen) atoms. The maximum absolute atomic E-state index is 13.4. The van der Waals surface area contributed by atoms with Gasteiger partial charge in [-0.3, -0.25) is 14.6 Å². The van der Waals surface area contributed by atoms with E-state index in [1.807, 2.05) is 76.2 Å². The molecule has 0 aliphatic carbocycles. The maximum Gasteiger partial charge on any atom is 0.296 e. The molecule has 0 radical (unpaired) electrons. The summed E-state index contributed by atoms with van der Waals surface area (Å²) in [5.41, 5.74) is 4.68. The molecule has 2 aromatic carbocycles. The Hall–Kier alpha value is -3.93. The number of likely N-dealkylation sites (tertiary alicyclic amines) is 1. The molecule has 1 atom stereocenters. The molecule has 180 valence electrons. The normalized spacial score (nSPS) is 17.3. The van der Waals surface area contributed by atoms with Crippen LogP contribution in [-0.2, 0) is 16.1 Å². The summed E-state index contributed by atoms with van der Waals surface area (Å²) >= 11 is 0. The molecule has 1 fully saturated rings. The summed E-state index contributed by atoms with van der Waals surface area (Å²) < 4.78 is 5.54. The molecule has 1 saturated heterocycles. The van der Waals surface area contributed by atoms with E-state index in [9.17, 15) is 14.7 Å². The summed E-state index contributed by atoms with van der Waals surface area (Å²) in [6, 6.07) is 16.1. The highest BCUT2D eigenvalue weighted by Gasteiger charge is 2.46. The van der Waals surface area contributed by atoms with Crippen molar-refractivity contribution in [3.05, 3.63) is 99.9 Å². The van der Waals surface area contributed by atoms with E-state index in [-0.39, 0.29) is 23.8 Å². The molecular formula is C29H30N2O4. The van der Waals surface area contributed by atoms with Crippen LogP contribution in [0, 0.1) is 13.8 Å². The lowest BCUT2D eigenvalue weighted by Crippen LogP contribution is -2.29. The number of rotatable bonds is 6.